The highest BCUT2D eigenvalue weighted by Gasteiger charge is 2.19. The standard InChI is InChI=1S/C23H18N4O3S/c1-16-5-4-7-20-22(16)25-23(31-20)26(15-18-6-2-3-14-24-18)21(28)13-10-17-8-11-19(12-9-17)27(29)30/h2-14H,15H2,1H3/b13-10+. The van der Waals surface area contributed by atoms with E-state index in [1.807, 2.05) is 43.3 Å². The summed E-state index contributed by atoms with van der Waals surface area (Å²) in [7, 11) is 0. The first-order valence-corrected chi connectivity index (χ1v) is 10.3. The molecule has 0 spiro atoms. The van der Waals surface area contributed by atoms with Crippen molar-refractivity contribution in [2.24, 2.45) is 0 Å². The first-order chi connectivity index (χ1) is 15.0. The average Bonchev–Trinajstić information content (AvgIpc) is 3.22. The Morgan fingerprint density at radius 3 is 2.61 bits per heavy atom. The molecular formula is C23H18N4O3S. The molecule has 4 aromatic rings. The average molecular weight is 430 g/mol. The molecule has 0 N–H and O–H groups in total. The van der Waals surface area contributed by atoms with Crippen LogP contribution in [0.3, 0.4) is 0 Å². The molecular weight excluding hydrogens is 412 g/mol. The van der Waals surface area contributed by atoms with Gasteiger partial charge in [0.05, 0.1) is 27.4 Å². The number of thiazole rings is 1. The normalized spacial score (nSPS) is 11.1. The monoisotopic (exact) mass is 430 g/mol. The van der Waals surface area contributed by atoms with Crippen LogP contribution in [0.1, 0.15) is 16.8 Å². The molecule has 1 amide bonds. The number of fused-ring (bicyclic) bond motifs is 1. The molecule has 2 aromatic carbocycles. The zero-order valence-corrected chi connectivity index (χ0v) is 17.5. The quantitative estimate of drug-likeness (QED) is 0.240. The van der Waals surface area contributed by atoms with E-state index in [0.717, 1.165) is 21.5 Å². The summed E-state index contributed by atoms with van der Waals surface area (Å²) in [4.78, 5) is 34.1. The van der Waals surface area contributed by atoms with Gasteiger partial charge in [-0.1, -0.05) is 29.5 Å². The van der Waals surface area contributed by atoms with Gasteiger partial charge in [-0.15, -0.1) is 0 Å². The van der Waals surface area contributed by atoms with Crippen LogP contribution >= 0.6 is 11.3 Å². The Hall–Kier alpha value is -3.91. The summed E-state index contributed by atoms with van der Waals surface area (Å²) in [6, 6.07) is 17.5. The molecule has 0 saturated carbocycles. The van der Waals surface area contributed by atoms with Crippen LogP contribution < -0.4 is 4.90 Å². The minimum atomic E-state index is -0.456. The molecule has 8 heteroatoms. The molecule has 0 atom stereocenters. The largest absolute Gasteiger partial charge is 0.278 e. The van der Waals surface area contributed by atoms with E-state index in [0.29, 0.717) is 10.7 Å². The van der Waals surface area contributed by atoms with Crippen LogP contribution in [-0.4, -0.2) is 20.8 Å². The van der Waals surface area contributed by atoms with Crippen LogP contribution in [0.5, 0.6) is 0 Å². The number of aromatic nitrogens is 2. The van der Waals surface area contributed by atoms with E-state index in [2.05, 4.69) is 4.98 Å². The maximum atomic E-state index is 13.1. The Morgan fingerprint density at radius 2 is 1.94 bits per heavy atom. The number of amides is 1. The predicted octanol–water partition coefficient (Wildman–Crippen LogP) is 5.15. The first kappa shape index (κ1) is 20.4. The van der Waals surface area contributed by atoms with E-state index in [4.69, 9.17) is 4.98 Å². The fraction of sp³-hybridized carbons (Fsp3) is 0.0870. The van der Waals surface area contributed by atoms with Crippen molar-refractivity contribution in [3.05, 3.63) is 99.9 Å². The molecule has 2 aromatic heterocycles. The molecule has 0 aliphatic rings. The molecule has 31 heavy (non-hydrogen) atoms. The van der Waals surface area contributed by atoms with Gasteiger partial charge in [0.25, 0.3) is 11.6 Å². The maximum Gasteiger partial charge on any atom is 0.269 e. The minimum Gasteiger partial charge on any atom is -0.278 e. The number of anilines is 1. The number of benzene rings is 2. The van der Waals surface area contributed by atoms with Crippen molar-refractivity contribution in [1.82, 2.24) is 9.97 Å². The van der Waals surface area contributed by atoms with Crippen molar-refractivity contribution in [1.29, 1.82) is 0 Å². The van der Waals surface area contributed by atoms with Gasteiger partial charge in [-0.25, -0.2) is 4.98 Å². The van der Waals surface area contributed by atoms with E-state index < -0.39 is 4.92 Å². The van der Waals surface area contributed by atoms with Crippen LogP contribution in [0.4, 0.5) is 10.8 Å². The number of rotatable bonds is 6. The Balaban J connectivity index is 1.65. The number of carbonyl (C=O) groups is 1. The fourth-order valence-electron chi connectivity index (χ4n) is 3.05. The number of aryl methyl sites for hydroxylation is 1. The molecule has 0 aliphatic carbocycles. The van der Waals surface area contributed by atoms with Crippen molar-refractivity contribution >= 4 is 44.4 Å². The number of nitro groups is 1. The third-order valence-corrected chi connectivity index (χ3v) is 5.72. The summed E-state index contributed by atoms with van der Waals surface area (Å²) in [5.41, 5.74) is 3.37. The second-order valence-electron chi connectivity index (χ2n) is 6.85. The highest BCUT2D eigenvalue weighted by Crippen LogP contribution is 2.31. The second kappa shape index (κ2) is 8.85. The Morgan fingerprint density at radius 1 is 1.13 bits per heavy atom. The molecule has 0 bridgehead atoms. The Bertz CT molecular complexity index is 1270. The van der Waals surface area contributed by atoms with Gasteiger partial charge in [-0.05, 0) is 54.5 Å². The van der Waals surface area contributed by atoms with Gasteiger partial charge in [0.15, 0.2) is 5.13 Å². The third kappa shape index (κ3) is 4.65. The summed E-state index contributed by atoms with van der Waals surface area (Å²) in [5.74, 6) is -0.249. The molecule has 0 unspecified atom stereocenters. The smallest absolute Gasteiger partial charge is 0.269 e. The predicted molar refractivity (Wildman–Crippen MR) is 122 cm³/mol. The molecule has 2 heterocycles. The van der Waals surface area contributed by atoms with Gasteiger partial charge in [0, 0.05) is 24.4 Å². The van der Waals surface area contributed by atoms with Crippen LogP contribution in [-0.2, 0) is 11.3 Å². The molecule has 7 nitrogen and oxygen atoms in total. The lowest BCUT2D eigenvalue weighted by Gasteiger charge is -2.17. The topological polar surface area (TPSA) is 89.2 Å². The van der Waals surface area contributed by atoms with Crippen molar-refractivity contribution in [3.8, 4) is 0 Å². The van der Waals surface area contributed by atoms with Crippen LogP contribution in [0, 0.1) is 17.0 Å². The maximum absolute atomic E-state index is 13.1. The summed E-state index contributed by atoms with van der Waals surface area (Å²) in [5, 5.41) is 11.4. The molecule has 0 aliphatic heterocycles. The highest BCUT2D eigenvalue weighted by molar-refractivity contribution is 7.22. The van der Waals surface area contributed by atoms with Gasteiger partial charge in [0.2, 0.25) is 0 Å². The van der Waals surface area contributed by atoms with Crippen molar-refractivity contribution in [2.75, 3.05) is 4.90 Å². The molecule has 154 valence electrons. The van der Waals surface area contributed by atoms with Crippen LogP contribution in [0.25, 0.3) is 16.3 Å². The Kier molecular flexibility index (Phi) is 5.81. The number of nitro benzene ring substituents is 1. The summed E-state index contributed by atoms with van der Waals surface area (Å²) in [6.45, 7) is 2.27. The van der Waals surface area contributed by atoms with E-state index >= 15 is 0 Å². The summed E-state index contributed by atoms with van der Waals surface area (Å²) >= 11 is 1.45. The van der Waals surface area contributed by atoms with E-state index in [9.17, 15) is 14.9 Å². The third-order valence-electron chi connectivity index (χ3n) is 4.67. The number of pyridine rings is 1. The van der Waals surface area contributed by atoms with E-state index in [1.54, 1.807) is 29.3 Å². The van der Waals surface area contributed by atoms with E-state index in [1.165, 1.54) is 29.5 Å². The fourth-order valence-corrected chi connectivity index (χ4v) is 4.10. The number of para-hydroxylation sites is 1. The lowest BCUT2D eigenvalue weighted by molar-refractivity contribution is -0.384. The van der Waals surface area contributed by atoms with Gasteiger partial charge in [-0.2, -0.15) is 0 Å². The van der Waals surface area contributed by atoms with Crippen LogP contribution in [0.15, 0.2) is 72.9 Å². The zero-order valence-electron chi connectivity index (χ0n) is 16.6. The second-order valence-corrected chi connectivity index (χ2v) is 7.85. The molecule has 4 rings (SSSR count). The Labute approximate surface area is 182 Å². The number of carbonyl (C=O) groups excluding carboxylic acids is 1. The number of non-ortho nitro benzene ring substituents is 1. The zero-order chi connectivity index (χ0) is 21.8. The first-order valence-electron chi connectivity index (χ1n) is 9.51. The lowest BCUT2D eigenvalue weighted by atomic mass is 10.2. The SMILES string of the molecule is Cc1cccc2sc(N(Cc3ccccn3)C(=O)/C=C/c3ccc([N+](=O)[O-])cc3)nc12. The van der Waals surface area contributed by atoms with Crippen molar-refractivity contribution in [2.45, 2.75) is 13.5 Å². The number of hydrogen-bond acceptors (Lipinski definition) is 6. The van der Waals surface area contributed by atoms with Gasteiger partial charge >= 0.3 is 0 Å². The van der Waals surface area contributed by atoms with Gasteiger partial charge in [0.1, 0.15) is 0 Å². The van der Waals surface area contributed by atoms with Crippen molar-refractivity contribution < 1.29 is 9.72 Å². The highest BCUT2D eigenvalue weighted by atomic mass is 32.1. The molecule has 0 radical (unpaired) electrons. The number of hydrogen-bond donors (Lipinski definition) is 0. The number of nitrogens with zero attached hydrogens (tertiary/aromatic N) is 4. The van der Waals surface area contributed by atoms with Gasteiger partial charge < -0.3 is 0 Å². The summed E-state index contributed by atoms with van der Waals surface area (Å²) < 4.78 is 1.01. The van der Waals surface area contributed by atoms with Crippen molar-refractivity contribution in [3.63, 3.8) is 0 Å². The van der Waals surface area contributed by atoms with Gasteiger partial charge in [-0.3, -0.25) is 24.8 Å². The minimum absolute atomic E-state index is 0.00472. The molecule has 0 saturated heterocycles. The lowest BCUT2D eigenvalue weighted by Crippen LogP contribution is -2.29. The van der Waals surface area contributed by atoms with E-state index in [-0.39, 0.29) is 18.1 Å². The molecule has 0 fully saturated rings. The summed E-state index contributed by atoms with van der Waals surface area (Å²) in [6.07, 6.45) is 4.77. The van der Waals surface area contributed by atoms with Crippen LogP contribution in [0.2, 0.25) is 0 Å².